The van der Waals surface area contributed by atoms with Crippen LogP contribution in [-0.4, -0.2) is 61.6 Å². The van der Waals surface area contributed by atoms with E-state index >= 15 is 0 Å². The number of H-pyrrole nitrogens is 2. The highest BCUT2D eigenvalue weighted by Crippen LogP contribution is 2.22. The topological polar surface area (TPSA) is 139 Å². The molecule has 12 heteroatoms. The number of halogens is 1. The molecule has 1 aromatic carbocycles. The Balaban J connectivity index is 1.28. The normalized spacial score (nSPS) is 14.1. The lowest BCUT2D eigenvalue weighted by Crippen LogP contribution is -2.38. The molecule has 0 aliphatic carbocycles. The van der Waals surface area contributed by atoms with Crippen LogP contribution in [0.2, 0.25) is 0 Å². The molecule has 3 aromatic heterocycles. The third-order valence-corrected chi connectivity index (χ3v) is 5.85. The van der Waals surface area contributed by atoms with Gasteiger partial charge < -0.3 is 14.2 Å². The van der Waals surface area contributed by atoms with Crippen LogP contribution in [0.1, 0.15) is 17.1 Å². The van der Waals surface area contributed by atoms with Crippen molar-refractivity contribution in [3.63, 3.8) is 0 Å². The number of hydrogen-bond donors (Lipinski definition) is 2. The summed E-state index contributed by atoms with van der Waals surface area (Å²) in [7, 11) is 0. The third-order valence-electron chi connectivity index (χ3n) is 5.36. The minimum atomic E-state index is -0.155. The number of nitrogens with one attached hydrogen (secondary N) is 2. The summed E-state index contributed by atoms with van der Waals surface area (Å²) in [4.78, 5) is 31.0. The van der Waals surface area contributed by atoms with Gasteiger partial charge >= 0.3 is 0 Å². The maximum Gasteiger partial charge on any atom is 0.255 e. The van der Waals surface area contributed by atoms with Gasteiger partial charge in [-0.15, -0.1) is 0 Å². The third kappa shape index (κ3) is 4.71. The first kappa shape index (κ1) is 21.5. The van der Waals surface area contributed by atoms with Crippen molar-refractivity contribution in [1.82, 2.24) is 35.3 Å². The molecule has 0 radical (unpaired) electrons. The molecule has 170 valence electrons. The van der Waals surface area contributed by atoms with Crippen LogP contribution in [0.25, 0.3) is 23.0 Å². The van der Waals surface area contributed by atoms with Gasteiger partial charge in [0.1, 0.15) is 0 Å². The first-order valence-corrected chi connectivity index (χ1v) is 11.3. The molecular formula is C21H21BrN8O3. The number of benzene rings is 1. The van der Waals surface area contributed by atoms with E-state index in [0.717, 1.165) is 10.0 Å². The van der Waals surface area contributed by atoms with Crippen molar-refractivity contribution in [2.45, 2.75) is 19.8 Å². The Morgan fingerprint density at radius 2 is 1.97 bits per heavy atom. The Morgan fingerprint density at radius 3 is 2.76 bits per heavy atom. The fourth-order valence-electron chi connectivity index (χ4n) is 3.62. The first-order chi connectivity index (χ1) is 16.1. The Bertz CT molecular complexity index is 1330. The zero-order chi connectivity index (χ0) is 22.8. The van der Waals surface area contributed by atoms with Crippen molar-refractivity contribution in [1.29, 1.82) is 0 Å². The van der Waals surface area contributed by atoms with Gasteiger partial charge in [0.2, 0.25) is 17.7 Å². The molecule has 1 aliphatic rings. The number of hydrogen-bond acceptors (Lipinski definition) is 9. The number of aryl methyl sites for hydroxylation is 2. The summed E-state index contributed by atoms with van der Waals surface area (Å²) in [5.41, 5.74) is 1.99. The van der Waals surface area contributed by atoms with Gasteiger partial charge in [-0.2, -0.15) is 10.1 Å². The molecule has 4 heterocycles. The summed E-state index contributed by atoms with van der Waals surface area (Å²) in [5.74, 6) is 2.24. The molecule has 0 bridgehead atoms. The molecule has 0 saturated carbocycles. The lowest BCUT2D eigenvalue weighted by Gasteiger charge is -2.27. The lowest BCUT2D eigenvalue weighted by atomic mass is 10.1. The van der Waals surface area contributed by atoms with Gasteiger partial charge in [0.15, 0.2) is 11.6 Å². The monoisotopic (exact) mass is 512 g/mol. The summed E-state index contributed by atoms with van der Waals surface area (Å²) in [6.45, 7) is 4.50. The fraction of sp³-hybridized carbons (Fsp3) is 0.333. The molecule has 1 aliphatic heterocycles. The van der Waals surface area contributed by atoms with Gasteiger partial charge in [0.25, 0.3) is 5.56 Å². The quantitative estimate of drug-likeness (QED) is 0.398. The molecule has 0 amide bonds. The van der Waals surface area contributed by atoms with Crippen molar-refractivity contribution in [3.8, 4) is 23.0 Å². The van der Waals surface area contributed by atoms with Crippen molar-refractivity contribution < 1.29 is 9.26 Å². The molecule has 33 heavy (non-hydrogen) atoms. The van der Waals surface area contributed by atoms with E-state index in [-0.39, 0.29) is 5.56 Å². The molecule has 0 unspecified atom stereocenters. The number of aromatic amines is 2. The lowest BCUT2D eigenvalue weighted by molar-refractivity contribution is 0.122. The Hall–Kier alpha value is -3.38. The second-order valence-electron chi connectivity index (χ2n) is 7.58. The van der Waals surface area contributed by atoms with Crippen LogP contribution in [0.4, 0.5) is 5.95 Å². The average molecular weight is 513 g/mol. The van der Waals surface area contributed by atoms with Gasteiger partial charge in [-0.1, -0.05) is 33.2 Å². The number of anilines is 1. The second-order valence-corrected chi connectivity index (χ2v) is 8.50. The number of ether oxygens (including phenoxy) is 1. The number of rotatable bonds is 6. The summed E-state index contributed by atoms with van der Waals surface area (Å²) < 4.78 is 11.7. The average Bonchev–Trinajstić information content (AvgIpc) is 3.49. The Morgan fingerprint density at radius 1 is 1.12 bits per heavy atom. The highest BCUT2D eigenvalue weighted by Gasteiger charge is 2.18. The summed E-state index contributed by atoms with van der Waals surface area (Å²) >= 11 is 3.44. The van der Waals surface area contributed by atoms with E-state index in [0.29, 0.717) is 79.7 Å². The molecule has 5 rings (SSSR count). The van der Waals surface area contributed by atoms with Crippen LogP contribution in [-0.2, 0) is 17.6 Å². The Kier molecular flexibility index (Phi) is 6.01. The van der Waals surface area contributed by atoms with Crippen LogP contribution in [0.3, 0.4) is 0 Å². The molecule has 2 N–H and O–H groups in total. The van der Waals surface area contributed by atoms with E-state index in [4.69, 9.17) is 9.26 Å². The summed E-state index contributed by atoms with van der Waals surface area (Å²) in [6, 6.07) is 7.68. The largest absolute Gasteiger partial charge is 0.378 e. The smallest absolute Gasteiger partial charge is 0.255 e. The van der Waals surface area contributed by atoms with E-state index in [1.54, 1.807) is 0 Å². The predicted molar refractivity (Wildman–Crippen MR) is 123 cm³/mol. The molecule has 1 saturated heterocycles. The fourth-order valence-corrected chi connectivity index (χ4v) is 4.02. The number of aromatic nitrogens is 7. The van der Waals surface area contributed by atoms with Crippen molar-refractivity contribution in [2.75, 3.05) is 31.2 Å². The molecule has 0 atom stereocenters. The van der Waals surface area contributed by atoms with Crippen molar-refractivity contribution in [3.05, 3.63) is 56.2 Å². The zero-order valence-corrected chi connectivity index (χ0v) is 19.4. The molecule has 11 nitrogen and oxygen atoms in total. The van der Waals surface area contributed by atoms with Crippen molar-refractivity contribution in [2.24, 2.45) is 0 Å². The van der Waals surface area contributed by atoms with Gasteiger partial charge in [-0.05, 0) is 25.5 Å². The molecular weight excluding hydrogens is 492 g/mol. The van der Waals surface area contributed by atoms with E-state index < -0.39 is 0 Å². The van der Waals surface area contributed by atoms with Crippen LogP contribution >= 0.6 is 15.9 Å². The SMILES string of the molecule is Cc1nc(N2CCOCC2)[nH]c(=O)c1CCc1nc(-c2nc(-c3cccc(Br)c3)n[nH]2)no1. The number of nitrogens with zero attached hydrogens (tertiary/aromatic N) is 6. The predicted octanol–water partition coefficient (Wildman–Crippen LogP) is 2.30. The van der Waals surface area contributed by atoms with E-state index in [9.17, 15) is 4.79 Å². The maximum atomic E-state index is 12.7. The molecule has 4 aromatic rings. The van der Waals surface area contributed by atoms with E-state index in [2.05, 4.69) is 51.2 Å². The summed E-state index contributed by atoms with van der Waals surface area (Å²) in [5, 5.41) is 11.1. The molecule has 1 fully saturated rings. The molecule has 0 spiro atoms. The minimum Gasteiger partial charge on any atom is -0.378 e. The van der Waals surface area contributed by atoms with Crippen LogP contribution in [0, 0.1) is 6.92 Å². The van der Waals surface area contributed by atoms with Gasteiger partial charge in [0, 0.05) is 40.8 Å². The van der Waals surface area contributed by atoms with Gasteiger partial charge in [-0.25, -0.2) is 9.97 Å². The van der Waals surface area contributed by atoms with Gasteiger partial charge in [0.05, 0.1) is 13.2 Å². The van der Waals surface area contributed by atoms with Crippen LogP contribution in [0.15, 0.2) is 38.1 Å². The standard InChI is InChI=1S/C21H21BrN8O3/c1-12-15(20(31)26-21(23-12)30-7-9-32-10-8-30)5-6-16-24-19(29-33-16)18-25-17(27-28-18)13-3-2-4-14(22)11-13/h2-4,11H,5-10H2,1H3,(H,23,26,31)(H,25,27,28). The maximum absolute atomic E-state index is 12.7. The van der Waals surface area contributed by atoms with E-state index in [1.165, 1.54) is 0 Å². The van der Waals surface area contributed by atoms with Crippen LogP contribution < -0.4 is 10.5 Å². The number of morpholine rings is 1. The highest BCUT2D eigenvalue weighted by molar-refractivity contribution is 9.10. The van der Waals surface area contributed by atoms with Gasteiger partial charge in [-0.3, -0.25) is 14.9 Å². The minimum absolute atomic E-state index is 0.155. The zero-order valence-electron chi connectivity index (χ0n) is 17.8. The van der Waals surface area contributed by atoms with Crippen molar-refractivity contribution >= 4 is 21.9 Å². The summed E-state index contributed by atoms with van der Waals surface area (Å²) in [6.07, 6.45) is 0.834. The second kappa shape index (κ2) is 9.24. The van der Waals surface area contributed by atoms with E-state index in [1.807, 2.05) is 36.1 Å². The van der Waals surface area contributed by atoms with Crippen LogP contribution in [0.5, 0.6) is 0 Å². The highest BCUT2D eigenvalue weighted by atomic mass is 79.9. The first-order valence-electron chi connectivity index (χ1n) is 10.5. The Labute approximate surface area is 196 Å².